The van der Waals surface area contributed by atoms with Crippen LogP contribution in [0.4, 0.5) is 4.79 Å². The van der Waals surface area contributed by atoms with Gasteiger partial charge in [0.1, 0.15) is 11.5 Å². The van der Waals surface area contributed by atoms with Crippen molar-refractivity contribution in [1.82, 2.24) is 3.71 Å². The fraction of sp³-hybridized carbons (Fsp3) is 0.677. The van der Waals surface area contributed by atoms with Gasteiger partial charge in [0.05, 0.1) is 0 Å². The average Bonchev–Trinajstić information content (AvgIpc) is 2.79. The van der Waals surface area contributed by atoms with Crippen LogP contribution >= 0.6 is 23.9 Å². The molecular weight excluding hydrogens is 514 g/mol. The van der Waals surface area contributed by atoms with Crippen LogP contribution in [0.3, 0.4) is 0 Å². The van der Waals surface area contributed by atoms with E-state index in [1.54, 1.807) is 0 Å². The van der Waals surface area contributed by atoms with Gasteiger partial charge in [0, 0.05) is 36.1 Å². The van der Waals surface area contributed by atoms with Gasteiger partial charge in [0.2, 0.25) is 0 Å². The molecule has 5 nitrogen and oxygen atoms in total. The van der Waals surface area contributed by atoms with Crippen LogP contribution in [-0.4, -0.2) is 28.3 Å². The Morgan fingerprint density at radius 3 is 1.79 bits per heavy atom. The molecule has 0 bridgehead atoms. The van der Waals surface area contributed by atoms with E-state index in [0.29, 0.717) is 11.5 Å². The van der Waals surface area contributed by atoms with E-state index in [1.165, 1.54) is 52.9 Å². The molecule has 0 aliphatic heterocycles. The second-order valence-electron chi connectivity index (χ2n) is 11.8. The first kappa shape index (κ1) is 34.4. The molecule has 0 N–H and O–H groups in total. The summed E-state index contributed by atoms with van der Waals surface area (Å²) in [6.45, 7) is 18.5. The molecule has 0 spiro atoms. The second-order valence-corrected chi connectivity index (χ2v) is 13.5. The van der Waals surface area contributed by atoms with Crippen molar-refractivity contribution in [2.24, 2.45) is 0 Å². The number of carbonyl (C=O) groups excluding carboxylic acids is 2. The number of ether oxygens (including phenoxy) is 2. The Bertz CT molecular complexity index is 942. The summed E-state index contributed by atoms with van der Waals surface area (Å²) < 4.78 is 13.6. The summed E-state index contributed by atoms with van der Waals surface area (Å²) in [5.74, 6) is 0.733. The van der Waals surface area contributed by atoms with Gasteiger partial charge in [-0.25, -0.2) is 4.79 Å². The summed E-state index contributed by atoms with van der Waals surface area (Å²) in [6, 6.07) is 1.91. The normalized spacial score (nSPS) is 11.8. The minimum atomic E-state index is -0.432. The summed E-state index contributed by atoms with van der Waals surface area (Å²) in [5.41, 5.74) is 3.19. The van der Waals surface area contributed by atoms with Crippen molar-refractivity contribution in [3.8, 4) is 11.5 Å². The molecule has 0 aliphatic rings. The molecule has 0 atom stereocenters. The van der Waals surface area contributed by atoms with Gasteiger partial charge in [-0.3, -0.25) is 4.79 Å². The van der Waals surface area contributed by atoms with Gasteiger partial charge in [0.15, 0.2) is 0 Å². The third kappa shape index (κ3) is 10.5. The Morgan fingerprint density at radius 1 is 0.868 bits per heavy atom. The number of hydrogen-bond donors (Lipinski definition) is 0. The van der Waals surface area contributed by atoms with Crippen LogP contribution in [0, 0.1) is 0 Å². The van der Waals surface area contributed by atoms with Crippen LogP contribution in [0.1, 0.15) is 130 Å². The fourth-order valence-electron chi connectivity index (χ4n) is 4.47. The maximum atomic E-state index is 13.2. The quantitative estimate of drug-likeness (QED) is 0.103. The molecule has 0 radical (unpaired) electrons. The first-order valence-electron chi connectivity index (χ1n) is 13.9. The lowest BCUT2D eigenvalue weighted by Gasteiger charge is -2.32. The highest BCUT2D eigenvalue weighted by atomic mass is 32.2. The molecule has 1 rings (SSSR count). The van der Waals surface area contributed by atoms with Crippen molar-refractivity contribution >= 4 is 42.0 Å². The number of unbranched alkanes of at least 4 members (excludes halogenated alkanes) is 4. The van der Waals surface area contributed by atoms with Crippen molar-refractivity contribution in [2.75, 3.05) is 12.5 Å². The Morgan fingerprint density at radius 2 is 1.39 bits per heavy atom. The summed E-state index contributed by atoms with van der Waals surface area (Å²) >= 11 is 2.62. The highest BCUT2D eigenvalue weighted by Crippen LogP contribution is 2.47. The van der Waals surface area contributed by atoms with E-state index in [-0.39, 0.29) is 16.8 Å². The van der Waals surface area contributed by atoms with Gasteiger partial charge in [-0.1, -0.05) is 92.7 Å². The zero-order valence-corrected chi connectivity index (χ0v) is 27.3. The topological polar surface area (TPSA) is 55.8 Å². The fourth-order valence-corrected chi connectivity index (χ4v) is 5.44. The Balaban J connectivity index is 4.08. The standard InChI is InChI=1S/C31H51NO4S2/c1-12-14-16-18-23(19-17-15-13-2)20-24-26(36-29(34)32(37-10)38-11)21-25(30(4,5)6)28(35-22(3)33)27(24)31(7,8)9/h20-21H,12-19H2,1-11H3. The van der Waals surface area contributed by atoms with E-state index in [0.717, 1.165) is 55.2 Å². The van der Waals surface area contributed by atoms with Gasteiger partial charge >= 0.3 is 12.1 Å². The third-order valence-electron chi connectivity index (χ3n) is 6.32. The Kier molecular flexibility index (Phi) is 14.4. The zero-order valence-electron chi connectivity index (χ0n) is 25.7. The third-order valence-corrected chi connectivity index (χ3v) is 8.17. The molecule has 216 valence electrons. The van der Waals surface area contributed by atoms with Gasteiger partial charge in [-0.15, -0.1) is 0 Å². The molecule has 0 aromatic heterocycles. The molecule has 0 unspecified atom stereocenters. The maximum Gasteiger partial charge on any atom is 0.435 e. The first-order valence-corrected chi connectivity index (χ1v) is 16.3. The highest BCUT2D eigenvalue weighted by Gasteiger charge is 2.33. The summed E-state index contributed by atoms with van der Waals surface area (Å²) in [7, 11) is 0. The monoisotopic (exact) mass is 565 g/mol. The lowest BCUT2D eigenvalue weighted by molar-refractivity contribution is -0.132. The number of esters is 1. The van der Waals surface area contributed by atoms with Crippen LogP contribution in [0.5, 0.6) is 11.5 Å². The van der Waals surface area contributed by atoms with Gasteiger partial charge in [-0.05, 0) is 66.5 Å². The van der Waals surface area contributed by atoms with Gasteiger partial charge < -0.3 is 9.47 Å². The second kappa shape index (κ2) is 15.9. The first-order chi connectivity index (χ1) is 17.7. The molecule has 38 heavy (non-hydrogen) atoms. The number of nitrogens with zero attached hydrogens (tertiary/aromatic N) is 1. The number of carbonyl (C=O) groups is 2. The van der Waals surface area contributed by atoms with E-state index in [4.69, 9.17) is 9.47 Å². The Labute approximate surface area is 241 Å². The van der Waals surface area contributed by atoms with Crippen LogP contribution < -0.4 is 9.47 Å². The SMILES string of the molecule is CCCCCC(=Cc1c(OC(=O)N(SC)SC)cc(C(C)(C)C)c(OC(C)=O)c1C(C)(C)C)CCCCC. The smallest absolute Gasteiger partial charge is 0.426 e. The van der Waals surface area contributed by atoms with Crippen molar-refractivity contribution in [3.63, 3.8) is 0 Å². The van der Waals surface area contributed by atoms with E-state index in [1.807, 2.05) is 18.6 Å². The number of allylic oxidation sites excluding steroid dienone is 1. The predicted molar refractivity (Wildman–Crippen MR) is 166 cm³/mol. The molecule has 0 saturated carbocycles. The predicted octanol–water partition coefficient (Wildman–Crippen LogP) is 10.1. The lowest BCUT2D eigenvalue weighted by atomic mass is 9.76. The Hall–Kier alpha value is -1.60. The summed E-state index contributed by atoms with van der Waals surface area (Å²) in [5, 5.41) is 0. The van der Waals surface area contributed by atoms with E-state index in [2.05, 4.69) is 61.5 Å². The van der Waals surface area contributed by atoms with Crippen LogP contribution in [-0.2, 0) is 15.6 Å². The van der Waals surface area contributed by atoms with E-state index >= 15 is 0 Å². The molecule has 0 aliphatic carbocycles. The van der Waals surface area contributed by atoms with E-state index in [9.17, 15) is 9.59 Å². The molecule has 0 heterocycles. The van der Waals surface area contributed by atoms with Crippen LogP contribution in [0.2, 0.25) is 0 Å². The van der Waals surface area contributed by atoms with Crippen molar-refractivity contribution in [1.29, 1.82) is 0 Å². The van der Waals surface area contributed by atoms with Crippen molar-refractivity contribution in [2.45, 2.75) is 125 Å². The lowest BCUT2D eigenvalue weighted by Crippen LogP contribution is -2.25. The molecule has 7 heteroatoms. The van der Waals surface area contributed by atoms with E-state index < -0.39 is 6.09 Å². The largest absolute Gasteiger partial charge is 0.435 e. The van der Waals surface area contributed by atoms with Crippen LogP contribution in [0.15, 0.2) is 11.6 Å². The highest BCUT2D eigenvalue weighted by molar-refractivity contribution is 8.12. The molecular formula is C31H51NO4S2. The summed E-state index contributed by atoms with van der Waals surface area (Å²) in [6.07, 6.45) is 14.4. The number of rotatable bonds is 13. The minimum Gasteiger partial charge on any atom is -0.426 e. The maximum absolute atomic E-state index is 13.2. The van der Waals surface area contributed by atoms with Gasteiger partial charge in [-0.2, -0.15) is 3.71 Å². The van der Waals surface area contributed by atoms with Crippen LogP contribution in [0.25, 0.3) is 6.08 Å². The number of amides is 1. The van der Waals surface area contributed by atoms with Crippen molar-refractivity contribution < 1.29 is 19.1 Å². The zero-order chi connectivity index (χ0) is 29.1. The molecule has 1 aromatic carbocycles. The number of hydrogen-bond acceptors (Lipinski definition) is 6. The average molecular weight is 566 g/mol. The van der Waals surface area contributed by atoms with Gasteiger partial charge in [0.25, 0.3) is 0 Å². The molecule has 1 aromatic rings. The number of benzene rings is 1. The van der Waals surface area contributed by atoms with Crippen molar-refractivity contribution in [3.05, 3.63) is 28.3 Å². The summed E-state index contributed by atoms with van der Waals surface area (Å²) in [4.78, 5) is 25.5. The molecule has 1 amide bonds. The molecule has 0 saturated heterocycles. The molecule has 0 fully saturated rings. The minimum absolute atomic E-state index is 0.349.